The SMILES string of the molecule is CNC[C@@H](O)COc1ccc(Cl)c(-c2nc(-c3c(C)noc3C)c(C)c(N3Cc4cccc(C)c4C3)n2)c1. The second-order valence-electron chi connectivity index (χ2n) is 9.78. The third-order valence-corrected chi connectivity index (χ3v) is 7.30. The molecule has 4 aromatic rings. The predicted molar refractivity (Wildman–Crippen MR) is 149 cm³/mol. The molecule has 0 saturated heterocycles. The number of nitrogens with one attached hydrogen (secondary N) is 1. The number of halogens is 1. The fourth-order valence-corrected chi connectivity index (χ4v) is 5.19. The van der Waals surface area contributed by atoms with E-state index in [-0.39, 0.29) is 6.61 Å². The van der Waals surface area contributed by atoms with Crippen LogP contribution in [0.15, 0.2) is 40.9 Å². The fourth-order valence-electron chi connectivity index (χ4n) is 4.99. The summed E-state index contributed by atoms with van der Waals surface area (Å²) in [6.45, 7) is 10.1. The number of ether oxygens (including phenoxy) is 1. The Kier molecular flexibility index (Phi) is 7.38. The smallest absolute Gasteiger partial charge is 0.163 e. The molecule has 38 heavy (non-hydrogen) atoms. The Morgan fingerprint density at radius 2 is 1.95 bits per heavy atom. The Morgan fingerprint density at radius 3 is 2.66 bits per heavy atom. The van der Waals surface area contributed by atoms with Crippen molar-refractivity contribution in [2.45, 2.75) is 46.9 Å². The first-order chi connectivity index (χ1) is 18.3. The molecule has 1 atom stereocenters. The molecule has 2 aromatic carbocycles. The number of fused-ring (bicyclic) bond motifs is 1. The van der Waals surface area contributed by atoms with Crippen LogP contribution in [0.3, 0.4) is 0 Å². The van der Waals surface area contributed by atoms with Gasteiger partial charge in [0.2, 0.25) is 0 Å². The van der Waals surface area contributed by atoms with Gasteiger partial charge in [-0.1, -0.05) is 35.0 Å². The maximum absolute atomic E-state index is 10.1. The molecule has 0 amide bonds. The molecule has 3 heterocycles. The molecule has 0 spiro atoms. The Morgan fingerprint density at radius 1 is 1.13 bits per heavy atom. The van der Waals surface area contributed by atoms with Crippen molar-refractivity contribution in [3.63, 3.8) is 0 Å². The number of nitrogens with zero attached hydrogens (tertiary/aromatic N) is 4. The van der Waals surface area contributed by atoms with Crippen LogP contribution in [0.4, 0.5) is 5.82 Å². The Balaban J connectivity index is 1.61. The first-order valence-electron chi connectivity index (χ1n) is 12.7. The molecule has 9 heteroatoms. The lowest BCUT2D eigenvalue weighted by Gasteiger charge is -2.22. The molecule has 0 fully saturated rings. The van der Waals surface area contributed by atoms with Crippen LogP contribution in [0.25, 0.3) is 22.6 Å². The number of benzene rings is 2. The van der Waals surface area contributed by atoms with Gasteiger partial charge in [0.15, 0.2) is 5.82 Å². The van der Waals surface area contributed by atoms with Gasteiger partial charge in [-0.25, -0.2) is 9.97 Å². The lowest BCUT2D eigenvalue weighted by Crippen LogP contribution is -2.29. The average Bonchev–Trinajstić information content (AvgIpc) is 3.48. The van der Waals surface area contributed by atoms with Crippen molar-refractivity contribution in [1.82, 2.24) is 20.4 Å². The van der Waals surface area contributed by atoms with Gasteiger partial charge < -0.3 is 24.6 Å². The molecule has 5 rings (SSSR count). The van der Waals surface area contributed by atoms with E-state index in [1.54, 1.807) is 19.2 Å². The summed E-state index contributed by atoms with van der Waals surface area (Å²) >= 11 is 6.69. The number of likely N-dealkylation sites (N-methyl/N-ethyl adjacent to an activating group) is 1. The highest BCUT2D eigenvalue weighted by Crippen LogP contribution is 2.39. The fraction of sp³-hybridized carbons (Fsp3) is 0.345. The van der Waals surface area contributed by atoms with E-state index in [9.17, 15) is 5.11 Å². The van der Waals surface area contributed by atoms with Gasteiger partial charge in [0.05, 0.1) is 22.0 Å². The van der Waals surface area contributed by atoms with Crippen molar-refractivity contribution in [2.24, 2.45) is 0 Å². The van der Waals surface area contributed by atoms with Crippen molar-refractivity contribution in [3.8, 4) is 28.4 Å². The highest BCUT2D eigenvalue weighted by molar-refractivity contribution is 6.33. The third kappa shape index (κ3) is 4.99. The van der Waals surface area contributed by atoms with Crippen LogP contribution >= 0.6 is 11.6 Å². The quantitative estimate of drug-likeness (QED) is 0.320. The van der Waals surface area contributed by atoms with E-state index in [0.29, 0.717) is 34.5 Å². The zero-order chi connectivity index (χ0) is 27.0. The Labute approximate surface area is 227 Å². The molecular weight excluding hydrogens is 502 g/mol. The molecule has 0 saturated carbocycles. The van der Waals surface area contributed by atoms with Crippen molar-refractivity contribution >= 4 is 17.4 Å². The van der Waals surface area contributed by atoms with Gasteiger partial charge >= 0.3 is 0 Å². The summed E-state index contributed by atoms with van der Waals surface area (Å²) in [5.41, 5.74) is 7.90. The number of aliphatic hydroxyl groups is 1. The molecule has 0 unspecified atom stereocenters. The van der Waals surface area contributed by atoms with Gasteiger partial charge in [-0.15, -0.1) is 0 Å². The molecular formula is C29H32ClN5O3. The van der Waals surface area contributed by atoms with Gasteiger partial charge in [0.25, 0.3) is 0 Å². The first kappa shape index (κ1) is 26.2. The second kappa shape index (κ2) is 10.7. The normalized spacial score (nSPS) is 13.6. The lowest BCUT2D eigenvalue weighted by atomic mass is 10.0. The second-order valence-corrected chi connectivity index (χ2v) is 10.2. The highest BCUT2D eigenvalue weighted by atomic mass is 35.5. The average molecular weight is 534 g/mol. The van der Waals surface area contributed by atoms with E-state index < -0.39 is 6.10 Å². The zero-order valence-corrected chi connectivity index (χ0v) is 23.1. The molecule has 1 aliphatic heterocycles. The lowest BCUT2D eigenvalue weighted by molar-refractivity contribution is 0.108. The number of anilines is 1. The summed E-state index contributed by atoms with van der Waals surface area (Å²) in [5.74, 6) is 2.60. The number of hydrogen-bond donors (Lipinski definition) is 2. The number of aromatic nitrogens is 3. The van der Waals surface area contributed by atoms with Crippen LogP contribution in [-0.4, -0.2) is 46.5 Å². The first-order valence-corrected chi connectivity index (χ1v) is 13.0. The summed E-state index contributed by atoms with van der Waals surface area (Å²) in [6.07, 6.45) is -0.632. The molecule has 1 aliphatic rings. The monoisotopic (exact) mass is 533 g/mol. The van der Waals surface area contributed by atoms with Crippen molar-refractivity contribution < 1.29 is 14.4 Å². The zero-order valence-electron chi connectivity index (χ0n) is 22.3. The van der Waals surface area contributed by atoms with Crippen molar-refractivity contribution in [1.29, 1.82) is 0 Å². The maximum atomic E-state index is 10.1. The summed E-state index contributed by atoms with van der Waals surface area (Å²) in [6, 6.07) is 11.8. The highest BCUT2D eigenvalue weighted by Gasteiger charge is 2.27. The van der Waals surface area contributed by atoms with Gasteiger partial charge in [-0.05, 0) is 69.6 Å². The van der Waals surface area contributed by atoms with Crippen LogP contribution in [-0.2, 0) is 13.1 Å². The van der Waals surface area contributed by atoms with Crippen molar-refractivity contribution in [3.05, 3.63) is 75.1 Å². The molecule has 2 N–H and O–H groups in total. The van der Waals surface area contributed by atoms with Gasteiger partial charge in [-0.3, -0.25) is 0 Å². The predicted octanol–water partition coefficient (Wildman–Crippen LogP) is 5.16. The van der Waals surface area contributed by atoms with Crippen LogP contribution in [0.2, 0.25) is 5.02 Å². The van der Waals surface area contributed by atoms with Gasteiger partial charge in [0, 0.05) is 30.8 Å². The maximum Gasteiger partial charge on any atom is 0.163 e. The van der Waals surface area contributed by atoms with Gasteiger partial charge in [0.1, 0.15) is 30.0 Å². The van der Waals surface area contributed by atoms with E-state index in [4.69, 9.17) is 30.8 Å². The summed E-state index contributed by atoms with van der Waals surface area (Å²) in [5, 5.41) is 17.7. The number of aliphatic hydroxyl groups excluding tert-OH is 1. The molecule has 198 valence electrons. The van der Waals surface area contributed by atoms with E-state index in [1.165, 1.54) is 16.7 Å². The minimum Gasteiger partial charge on any atom is -0.491 e. The summed E-state index contributed by atoms with van der Waals surface area (Å²) in [7, 11) is 1.78. The van der Waals surface area contributed by atoms with Crippen LogP contribution in [0.5, 0.6) is 5.75 Å². The number of hydrogen-bond acceptors (Lipinski definition) is 8. The van der Waals surface area contributed by atoms with Crippen molar-refractivity contribution in [2.75, 3.05) is 25.1 Å². The molecule has 0 bridgehead atoms. The van der Waals surface area contributed by atoms with Crippen LogP contribution in [0.1, 0.15) is 33.7 Å². The van der Waals surface area contributed by atoms with Crippen LogP contribution < -0.4 is 15.0 Å². The van der Waals surface area contributed by atoms with Gasteiger partial charge in [-0.2, -0.15) is 0 Å². The molecule has 8 nitrogen and oxygen atoms in total. The van der Waals surface area contributed by atoms with E-state index in [0.717, 1.165) is 41.4 Å². The van der Waals surface area contributed by atoms with E-state index in [2.05, 4.69) is 40.5 Å². The van der Waals surface area contributed by atoms with E-state index in [1.807, 2.05) is 26.8 Å². The summed E-state index contributed by atoms with van der Waals surface area (Å²) in [4.78, 5) is 12.3. The minimum absolute atomic E-state index is 0.150. The van der Waals surface area contributed by atoms with Crippen LogP contribution in [0, 0.1) is 27.7 Å². The number of rotatable bonds is 8. The summed E-state index contributed by atoms with van der Waals surface area (Å²) < 4.78 is 11.3. The minimum atomic E-state index is -0.632. The largest absolute Gasteiger partial charge is 0.491 e. The Hall–Kier alpha value is -3.46. The third-order valence-electron chi connectivity index (χ3n) is 6.97. The standard InChI is InChI=1S/C29H32ClN5O3/c1-16-7-6-8-20-13-35(14-24(16)20)29-17(2)27(26-18(3)34-38-19(26)4)32-28(33-29)23-11-22(9-10-25(23)30)37-15-21(36)12-31-5/h6-11,21,31,36H,12-15H2,1-5H3/t21-/m1/s1. The molecule has 0 radical (unpaired) electrons. The van der Waals surface area contributed by atoms with E-state index >= 15 is 0 Å². The number of aryl methyl sites for hydroxylation is 3. The molecule has 2 aromatic heterocycles. The molecule has 0 aliphatic carbocycles. The Bertz CT molecular complexity index is 1470. The topological polar surface area (TPSA) is 96.5 Å².